The zero-order chi connectivity index (χ0) is 15.5. The summed E-state index contributed by atoms with van der Waals surface area (Å²) in [5.41, 5.74) is 4.65. The average molecular weight is 300 g/mol. The fraction of sp³-hybridized carbons (Fsp3) is 0.700. The first-order valence-electron chi connectivity index (χ1n) is 8.90. The van der Waals surface area contributed by atoms with Crippen LogP contribution in [-0.4, -0.2) is 18.3 Å². The number of benzene rings is 1. The maximum absolute atomic E-state index is 10.5. The van der Waals surface area contributed by atoms with Crippen molar-refractivity contribution in [1.29, 1.82) is 0 Å². The normalized spacial score (nSPS) is 39.8. The minimum absolute atomic E-state index is 0.0718. The lowest BCUT2D eigenvalue weighted by Gasteiger charge is -2.50. The van der Waals surface area contributed by atoms with Gasteiger partial charge in [-0.2, -0.15) is 0 Å². The summed E-state index contributed by atoms with van der Waals surface area (Å²) in [4.78, 5) is 0. The number of ether oxygens (including phenoxy) is 1. The van der Waals surface area contributed by atoms with Crippen molar-refractivity contribution in [2.45, 2.75) is 64.4 Å². The molecule has 0 amide bonds. The van der Waals surface area contributed by atoms with E-state index >= 15 is 0 Å². The average Bonchev–Trinajstić information content (AvgIpc) is 2.83. The summed E-state index contributed by atoms with van der Waals surface area (Å²) in [5.74, 6) is 3.24. The smallest absolute Gasteiger partial charge is 0.122 e. The number of fused-ring (bicyclic) bond motifs is 5. The van der Waals surface area contributed by atoms with E-state index in [2.05, 4.69) is 26.0 Å². The van der Waals surface area contributed by atoms with Gasteiger partial charge in [0.15, 0.2) is 0 Å². The van der Waals surface area contributed by atoms with Gasteiger partial charge in [0, 0.05) is 0 Å². The molecule has 1 aromatic rings. The Hall–Kier alpha value is -1.02. The summed E-state index contributed by atoms with van der Waals surface area (Å²) in [6.45, 7) is 4.56. The molecule has 2 heteroatoms. The van der Waals surface area contributed by atoms with Crippen molar-refractivity contribution < 1.29 is 9.84 Å². The van der Waals surface area contributed by atoms with Gasteiger partial charge in [-0.05, 0) is 91.4 Å². The first kappa shape index (κ1) is 14.6. The SMILES string of the molecule is COc1ccc2c(c1C)CC[C@@H]1[C@@H]2CC[C@]2(C)[C@@H](O)CC[C@@H]12. The molecule has 4 rings (SSSR count). The highest BCUT2D eigenvalue weighted by atomic mass is 16.5. The van der Waals surface area contributed by atoms with E-state index in [1.807, 2.05) is 0 Å². The van der Waals surface area contributed by atoms with Crippen molar-refractivity contribution in [2.75, 3.05) is 7.11 Å². The Labute approximate surface area is 133 Å². The predicted molar refractivity (Wildman–Crippen MR) is 88.4 cm³/mol. The molecular formula is C20H28O2. The molecule has 22 heavy (non-hydrogen) atoms. The largest absolute Gasteiger partial charge is 0.496 e. The standard InChI is InChI=1S/C20H28O2/c1-12-13-4-5-16-15(14(13)6-8-18(12)22-3)10-11-20(2)17(16)7-9-19(20)21/h6,8,15-17,19,21H,4-5,7,9-11H2,1-3H3/t15-,16-,17+,19+,20+/m1/s1. The van der Waals surface area contributed by atoms with Gasteiger partial charge in [0.2, 0.25) is 0 Å². The highest BCUT2D eigenvalue weighted by molar-refractivity contribution is 5.47. The van der Waals surface area contributed by atoms with Gasteiger partial charge in [-0.15, -0.1) is 0 Å². The number of aliphatic hydroxyl groups is 1. The van der Waals surface area contributed by atoms with E-state index in [4.69, 9.17) is 4.74 Å². The van der Waals surface area contributed by atoms with Crippen LogP contribution in [0.1, 0.15) is 61.6 Å². The third-order valence-electron chi connectivity index (χ3n) is 7.32. The van der Waals surface area contributed by atoms with E-state index in [0.717, 1.165) is 24.0 Å². The van der Waals surface area contributed by atoms with E-state index in [9.17, 15) is 5.11 Å². The van der Waals surface area contributed by atoms with Gasteiger partial charge in [-0.1, -0.05) is 13.0 Å². The molecule has 0 aromatic heterocycles. The molecule has 1 N–H and O–H groups in total. The number of hydrogen-bond donors (Lipinski definition) is 1. The molecule has 1 aromatic carbocycles. The zero-order valence-electron chi connectivity index (χ0n) is 14.1. The van der Waals surface area contributed by atoms with Crippen molar-refractivity contribution >= 4 is 0 Å². The Kier molecular flexibility index (Phi) is 3.30. The first-order chi connectivity index (χ1) is 10.6. The summed E-state index contributed by atoms with van der Waals surface area (Å²) in [5, 5.41) is 10.5. The third-order valence-corrected chi connectivity index (χ3v) is 7.32. The summed E-state index contributed by atoms with van der Waals surface area (Å²) in [6, 6.07) is 4.49. The summed E-state index contributed by atoms with van der Waals surface area (Å²) < 4.78 is 5.51. The van der Waals surface area contributed by atoms with Crippen molar-refractivity contribution in [3.8, 4) is 5.75 Å². The van der Waals surface area contributed by atoms with E-state index < -0.39 is 0 Å². The van der Waals surface area contributed by atoms with Crippen LogP contribution < -0.4 is 4.74 Å². The van der Waals surface area contributed by atoms with Gasteiger partial charge in [-0.25, -0.2) is 0 Å². The number of hydrogen-bond acceptors (Lipinski definition) is 2. The van der Waals surface area contributed by atoms with Crippen LogP contribution in [0.25, 0.3) is 0 Å². The van der Waals surface area contributed by atoms with Crippen LogP contribution in [0.4, 0.5) is 0 Å². The lowest BCUT2D eigenvalue weighted by Crippen LogP contribution is -2.44. The molecule has 5 atom stereocenters. The minimum Gasteiger partial charge on any atom is -0.496 e. The van der Waals surface area contributed by atoms with Crippen LogP contribution in [0.2, 0.25) is 0 Å². The van der Waals surface area contributed by atoms with Crippen LogP contribution in [0.3, 0.4) is 0 Å². The van der Waals surface area contributed by atoms with Crippen molar-refractivity contribution in [2.24, 2.45) is 17.3 Å². The molecule has 0 aliphatic heterocycles. The number of rotatable bonds is 1. The van der Waals surface area contributed by atoms with Crippen LogP contribution in [0.15, 0.2) is 12.1 Å². The lowest BCUT2D eigenvalue weighted by atomic mass is 9.55. The molecule has 0 spiro atoms. The number of methoxy groups -OCH3 is 1. The highest BCUT2D eigenvalue weighted by Gasteiger charge is 2.54. The lowest BCUT2D eigenvalue weighted by molar-refractivity contribution is -0.0226. The Morgan fingerprint density at radius 1 is 1.18 bits per heavy atom. The maximum Gasteiger partial charge on any atom is 0.122 e. The molecule has 2 saturated carbocycles. The van der Waals surface area contributed by atoms with Gasteiger partial charge in [-0.3, -0.25) is 0 Å². The predicted octanol–water partition coefficient (Wildman–Crippen LogP) is 4.22. The van der Waals surface area contributed by atoms with Crippen LogP contribution in [0.5, 0.6) is 5.75 Å². The second kappa shape index (κ2) is 4.99. The molecule has 3 aliphatic carbocycles. The summed E-state index contributed by atoms with van der Waals surface area (Å²) >= 11 is 0. The monoisotopic (exact) mass is 300 g/mol. The molecule has 120 valence electrons. The minimum atomic E-state index is -0.0718. The van der Waals surface area contributed by atoms with Gasteiger partial charge in [0.1, 0.15) is 5.75 Å². The Morgan fingerprint density at radius 3 is 2.77 bits per heavy atom. The van der Waals surface area contributed by atoms with Gasteiger partial charge in [0.25, 0.3) is 0 Å². The third kappa shape index (κ3) is 1.83. The molecule has 0 radical (unpaired) electrons. The van der Waals surface area contributed by atoms with E-state index in [-0.39, 0.29) is 11.5 Å². The quantitative estimate of drug-likeness (QED) is 0.841. The van der Waals surface area contributed by atoms with Crippen LogP contribution in [0, 0.1) is 24.2 Å². The Bertz CT molecular complexity index is 594. The molecule has 0 heterocycles. The first-order valence-corrected chi connectivity index (χ1v) is 8.90. The van der Waals surface area contributed by atoms with Crippen molar-refractivity contribution in [1.82, 2.24) is 0 Å². The maximum atomic E-state index is 10.5. The van der Waals surface area contributed by atoms with E-state index in [0.29, 0.717) is 5.92 Å². The highest BCUT2D eigenvalue weighted by Crippen LogP contribution is 2.61. The number of aliphatic hydroxyl groups excluding tert-OH is 1. The second-order valence-corrected chi connectivity index (χ2v) is 8.01. The Balaban J connectivity index is 1.72. The molecule has 2 nitrogen and oxygen atoms in total. The van der Waals surface area contributed by atoms with E-state index in [1.54, 1.807) is 18.2 Å². The fourth-order valence-electron chi connectivity index (χ4n) is 6.02. The zero-order valence-corrected chi connectivity index (χ0v) is 14.1. The molecule has 0 saturated heterocycles. The van der Waals surface area contributed by atoms with Crippen molar-refractivity contribution in [3.05, 3.63) is 28.8 Å². The topological polar surface area (TPSA) is 29.5 Å². The van der Waals surface area contributed by atoms with Crippen LogP contribution >= 0.6 is 0 Å². The molecular weight excluding hydrogens is 272 g/mol. The van der Waals surface area contributed by atoms with Gasteiger partial charge >= 0.3 is 0 Å². The van der Waals surface area contributed by atoms with Crippen molar-refractivity contribution in [3.63, 3.8) is 0 Å². The summed E-state index contributed by atoms with van der Waals surface area (Å²) in [6.07, 6.45) is 7.07. The molecule has 0 bridgehead atoms. The van der Waals surface area contributed by atoms with Crippen LogP contribution in [-0.2, 0) is 6.42 Å². The summed E-state index contributed by atoms with van der Waals surface area (Å²) in [7, 11) is 1.77. The second-order valence-electron chi connectivity index (χ2n) is 8.01. The van der Waals surface area contributed by atoms with Gasteiger partial charge < -0.3 is 9.84 Å². The van der Waals surface area contributed by atoms with Gasteiger partial charge in [0.05, 0.1) is 13.2 Å². The fourth-order valence-corrected chi connectivity index (χ4v) is 6.02. The molecule has 0 unspecified atom stereocenters. The molecule has 3 aliphatic rings. The molecule has 2 fully saturated rings. The van der Waals surface area contributed by atoms with E-state index in [1.165, 1.54) is 37.7 Å². The Morgan fingerprint density at radius 2 is 2.00 bits per heavy atom.